The molecule has 0 aromatic rings. The third-order valence-corrected chi connectivity index (χ3v) is 14.0. The van der Waals surface area contributed by atoms with Crippen LogP contribution in [0.4, 0.5) is 0 Å². The molecular weight excluding hydrogens is 616 g/mol. The van der Waals surface area contributed by atoms with E-state index in [1.54, 1.807) is 19.9 Å². The second-order valence-corrected chi connectivity index (χ2v) is 15.9. The average molecular weight is 661 g/mol. The molecule has 17 atom stereocenters. The summed E-state index contributed by atoms with van der Waals surface area (Å²) < 4.78 is 29.6. The summed E-state index contributed by atoms with van der Waals surface area (Å²) in [5.74, 6) is -7.76. The smallest absolute Gasteiger partial charge is 0.343 e. The molecule has 6 fully saturated rings. The molecule has 7 aliphatic rings. The second-order valence-electron chi connectivity index (χ2n) is 15.9. The van der Waals surface area contributed by atoms with E-state index in [0.29, 0.717) is 0 Å². The van der Waals surface area contributed by atoms with Gasteiger partial charge in [0.05, 0.1) is 17.6 Å². The van der Waals surface area contributed by atoms with Crippen LogP contribution in [0.3, 0.4) is 0 Å². The number of hydrogen-bond acceptors (Lipinski definition) is 13. The van der Waals surface area contributed by atoms with Crippen LogP contribution in [0.1, 0.15) is 68.2 Å². The normalized spacial score (nSPS) is 55.1. The third-order valence-electron chi connectivity index (χ3n) is 14.0. The lowest BCUT2D eigenvalue weighted by molar-refractivity contribution is -0.267. The minimum Gasteiger partial charge on any atom is -0.462 e. The molecule has 0 unspecified atom stereocenters. The number of Topliss-reactive ketones (excluding diaryl/α,β-unsaturated/α-hetero) is 1. The number of fused-ring (bicyclic) bond motifs is 10. The van der Waals surface area contributed by atoms with Gasteiger partial charge in [-0.25, -0.2) is 4.79 Å². The number of carbonyl (C=O) groups excluding carboxylic acids is 5. The first-order valence-electron chi connectivity index (χ1n) is 16.5. The van der Waals surface area contributed by atoms with Gasteiger partial charge in [0.1, 0.15) is 29.7 Å². The maximum Gasteiger partial charge on any atom is 0.343 e. The van der Waals surface area contributed by atoms with Gasteiger partial charge in [-0.2, -0.15) is 0 Å². The van der Waals surface area contributed by atoms with Crippen molar-refractivity contribution in [1.82, 2.24) is 0 Å². The Kier molecular flexibility index (Phi) is 6.70. The van der Waals surface area contributed by atoms with Gasteiger partial charge < -0.3 is 39.0 Å². The van der Waals surface area contributed by atoms with Crippen LogP contribution in [-0.4, -0.2) is 92.8 Å². The average Bonchev–Trinajstić information content (AvgIpc) is 3.63. The van der Waals surface area contributed by atoms with Crippen LogP contribution < -0.4 is 0 Å². The van der Waals surface area contributed by atoms with Crippen molar-refractivity contribution >= 4 is 29.7 Å². The van der Waals surface area contributed by atoms with Crippen LogP contribution in [0.5, 0.6) is 0 Å². The molecule has 4 saturated carbocycles. The van der Waals surface area contributed by atoms with Gasteiger partial charge in [-0.15, -0.1) is 0 Å². The number of aliphatic hydroxyl groups is 3. The molecule has 258 valence electrons. The maximum atomic E-state index is 14.6. The zero-order valence-electron chi connectivity index (χ0n) is 27.8. The molecule has 13 heteroatoms. The summed E-state index contributed by atoms with van der Waals surface area (Å²) in [5.41, 5.74) is -8.29. The molecule has 0 aromatic carbocycles. The predicted octanol–water partition coefficient (Wildman–Crippen LogP) is 0.986. The third kappa shape index (κ3) is 3.72. The number of epoxide rings is 1. The van der Waals surface area contributed by atoms with Gasteiger partial charge in [0, 0.05) is 55.8 Å². The number of rotatable bonds is 3. The highest BCUT2D eigenvalue weighted by Gasteiger charge is 2.83. The summed E-state index contributed by atoms with van der Waals surface area (Å²) in [5, 5.41) is 36.0. The van der Waals surface area contributed by atoms with E-state index in [0.717, 1.165) is 6.92 Å². The summed E-state index contributed by atoms with van der Waals surface area (Å²) >= 11 is 0. The first-order valence-corrected chi connectivity index (χ1v) is 16.5. The number of ketones is 1. The van der Waals surface area contributed by atoms with E-state index in [9.17, 15) is 39.3 Å². The molecule has 2 aliphatic heterocycles. The lowest BCUT2D eigenvalue weighted by Gasteiger charge is -2.65. The zero-order valence-corrected chi connectivity index (χ0v) is 27.8. The number of esters is 4. The van der Waals surface area contributed by atoms with E-state index in [4.69, 9.17) is 23.7 Å². The van der Waals surface area contributed by atoms with Crippen LogP contribution >= 0.6 is 0 Å². The molecular formula is C34H44O13. The van der Waals surface area contributed by atoms with Crippen molar-refractivity contribution in [1.29, 1.82) is 0 Å². The minimum atomic E-state index is -2.16. The monoisotopic (exact) mass is 660 g/mol. The standard InChI is InChI=1S/C34H44O13/c1-12-9-19-32(7,33(8,41)29(40)47-19)23-21(12)30(5)18(43-13(2)35)10-16-20(22(30)26(23)45-15(4)37)25(44-14(3)36)28(39)34(42)11-17-24(46-17)27(38)31(16,34)6/h9,12,16-18,20-27,38,41-42H,10-11H2,1-8H3/t12-,16+,17+,18+,20-,21+,22-,23+,24+,25-,26-,27+,30-,31+,32+,33-,34+/m1/s1. The van der Waals surface area contributed by atoms with Crippen molar-refractivity contribution in [3.05, 3.63) is 11.8 Å². The van der Waals surface area contributed by atoms with Crippen LogP contribution in [0.25, 0.3) is 0 Å². The van der Waals surface area contributed by atoms with E-state index < -0.39 is 123 Å². The number of hydrogen-bond donors (Lipinski definition) is 3. The maximum absolute atomic E-state index is 14.6. The van der Waals surface area contributed by atoms with Crippen LogP contribution in [0.15, 0.2) is 11.8 Å². The Morgan fingerprint density at radius 2 is 1.53 bits per heavy atom. The lowest BCUT2D eigenvalue weighted by Crippen LogP contribution is -2.77. The Hall–Kier alpha value is -2.87. The van der Waals surface area contributed by atoms with Crippen molar-refractivity contribution in [2.45, 2.75) is 116 Å². The lowest BCUT2D eigenvalue weighted by atomic mass is 9.40. The highest BCUT2D eigenvalue weighted by atomic mass is 16.6. The molecule has 13 nitrogen and oxygen atoms in total. The summed E-state index contributed by atoms with van der Waals surface area (Å²) in [7, 11) is 0. The largest absolute Gasteiger partial charge is 0.462 e. The second kappa shape index (κ2) is 9.64. The Bertz CT molecular complexity index is 1520. The van der Waals surface area contributed by atoms with E-state index in [-0.39, 0.29) is 24.5 Å². The van der Waals surface area contributed by atoms with Crippen molar-refractivity contribution in [3.8, 4) is 0 Å². The quantitative estimate of drug-likeness (QED) is 0.220. The fourth-order valence-electron chi connectivity index (χ4n) is 11.8. The molecule has 47 heavy (non-hydrogen) atoms. The summed E-state index contributed by atoms with van der Waals surface area (Å²) in [4.78, 5) is 66.4. The van der Waals surface area contributed by atoms with Gasteiger partial charge >= 0.3 is 23.9 Å². The molecule has 2 saturated heterocycles. The van der Waals surface area contributed by atoms with Gasteiger partial charge in [0.15, 0.2) is 11.7 Å². The summed E-state index contributed by atoms with van der Waals surface area (Å²) in [6, 6.07) is 0. The minimum absolute atomic E-state index is 0.0669. The Balaban J connectivity index is 1.51. The number of aliphatic hydroxyl groups excluding tert-OH is 1. The molecule has 2 heterocycles. The number of ether oxygens (including phenoxy) is 5. The zero-order chi connectivity index (χ0) is 34.5. The number of allylic oxidation sites excluding steroid dienone is 1. The van der Waals surface area contributed by atoms with E-state index >= 15 is 0 Å². The van der Waals surface area contributed by atoms with Crippen LogP contribution in [0, 0.1) is 51.8 Å². The van der Waals surface area contributed by atoms with Gasteiger partial charge in [-0.3, -0.25) is 19.2 Å². The first kappa shape index (κ1) is 32.7. The van der Waals surface area contributed by atoms with E-state index in [1.807, 2.05) is 13.8 Å². The summed E-state index contributed by atoms with van der Waals surface area (Å²) in [6.45, 7) is 12.2. The van der Waals surface area contributed by atoms with Crippen LogP contribution in [-0.2, 0) is 47.7 Å². The number of carbonyl (C=O) groups is 5. The van der Waals surface area contributed by atoms with E-state index in [2.05, 4.69) is 0 Å². The molecule has 0 amide bonds. The van der Waals surface area contributed by atoms with Gasteiger partial charge in [-0.05, 0) is 44.1 Å². The molecule has 3 N–H and O–H groups in total. The fourth-order valence-corrected chi connectivity index (χ4v) is 11.8. The highest BCUT2D eigenvalue weighted by molar-refractivity contribution is 5.95. The van der Waals surface area contributed by atoms with Crippen LogP contribution in [0.2, 0.25) is 0 Å². The Morgan fingerprint density at radius 1 is 0.915 bits per heavy atom. The molecule has 0 spiro atoms. The predicted molar refractivity (Wildman–Crippen MR) is 156 cm³/mol. The van der Waals surface area contributed by atoms with Gasteiger partial charge in [0.25, 0.3) is 0 Å². The van der Waals surface area contributed by atoms with E-state index in [1.165, 1.54) is 20.8 Å². The topological polar surface area (TPSA) is 195 Å². The summed E-state index contributed by atoms with van der Waals surface area (Å²) in [6.07, 6.45) is -4.29. The molecule has 0 bridgehead atoms. The molecule has 0 aromatic heterocycles. The van der Waals surface area contributed by atoms with Crippen molar-refractivity contribution in [3.63, 3.8) is 0 Å². The fraction of sp³-hybridized carbons (Fsp3) is 0.794. The highest BCUT2D eigenvalue weighted by Crippen LogP contribution is 2.76. The molecule has 5 aliphatic carbocycles. The van der Waals surface area contributed by atoms with Crippen molar-refractivity contribution < 1.29 is 63.0 Å². The van der Waals surface area contributed by atoms with Crippen molar-refractivity contribution in [2.24, 2.45) is 51.8 Å². The molecule has 7 rings (SSSR count). The Morgan fingerprint density at radius 3 is 2.13 bits per heavy atom. The SMILES string of the molecule is CC(=O)O[C@@H]1[C@H]2[C@@H]3[C@@H](OC(C)=O)C(=O)[C@@]4(O)C[C@@H]5O[C@@H]5[C@H](O)[C@]4(C)[C@H]3C[C@H](OC(C)=O)[C@]2(C)[C@@H]2[C@@H]1[C@]1(C)C(=C[C@H]2C)OC(=O)[C@@]1(C)O. The van der Waals surface area contributed by atoms with Gasteiger partial charge in [-0.1, -0.05) is 20.8 Å². The van der Waals surface area contributed by atoms with Crippen molar-refractivity contribution in [2.75, 3.05) is 0 Å². The first-order chi connectivity index (χ1) is 21.7. The molecule has 0 radical (unpaired) electrons. The Labute approximate surface area is 272 Å². The van der Waals surface area contributed by atoms with Gasteiger partial charge in [0.2, 0.25) is 5.78 Å².